The highest BCUT2D eigenvalue weighted by molar-refractivity contribution is 6.12. The molecule has 1 aliphatic heterocycles. The van der Waals surface area contributed by atoms with Crippen molar-refractivity contribution in [2.24, 2.45) is 39.5 Å². The van der Waals surface area contributed by atoms with E-state index in [0.717, 1.165) is 37.9 Å². The average Bonchev–Trinajstić information content (AvgIpc) is 2.91. The Bertz CT molecular complexity index is 731. The van der Waals surface area contributed by atoms with Crippen LogP contribution in [0.25, 0.3) is 0 Å². The van der Waals surface area contributed by atoms with Gasteiger partial charge in [0.05, 0.1) is 0 Å². The van der Waals surface area contributed by atoms with Gasteiger partial charge >= 0.3 is 0 Å². The van der Waals surface area contributed by atoms with E-state index in [1.807, 2.05) is 0 Å². The molecule has 0 aromatic carbocycles. The molecule has 0 saturated heterocycles. The minimum Gasteiger partial charge on any atom is -0.351 e. The predicted octanol–water partition coefficient (Wildman–Crippen LogP) is 3.95. The summed E-state index contributed by atoms with van der Waals surface area (Å²) in [4.78, 5) is 29.8. The number of hydrogen-bond acceptors (Lipinski definition) is 3. The molecule has 4 nitrogen and oxygen atoms in total. The van der Waals surface area contributed by atoms with E-state index in [9.17, 15) is 9.59 Å². The first kappa shape index (κ1) is 18.9. The summed E-state index contributed by atoms with van der Waals surface area (Å²) in [5.41, 5.74) is 0.928. The van der Waals surface area contributed by atoms with Crippen molar-refractivity contribution in [1.82, 2.24) is 5.32 Å². The molecule has 0 radical (unpaired) electrons. The summed E-state index contributed by atoms with van der Waals surface area (Å²) in [5, 5.41) is 3.23. The maximum atomic E-state index is 13.0. The van der Waals surface area contributed by atoms with Gasteiger partial charge in [-0.15, -0.1) is 0 Å². The first-order valence-corrected chi connectivity index (χ1v) is 10.6. The Balaban J connectivity index is 1.60. The van der Waals surface area contributed by atoms with Crippen LogP contribution in [0.2, 0.25) is 0 Å². The molecule has 148 valence electrons. The molecule has 3 aliphatic carbocycles. The minimum absolute atomic E-state index is 0.0656. The van der Waals surface area contributed by atoms with Crippen LogP contribution in [0.5, 0.6) is 0 Å². The van der Waals surface area contributed by atoms with Gasteiger partial charge in [0.25, 0.3) is 0 Å². The van der Waals surface area contributed by atoms with Gasteiger partial charge in [-0.2, -0.15) is 0 Å². The lowest BCUT2D eigenvalue weighted by Crippen LogP contribution is -2.55. The van der Waals surface area contributed by atoms with Crippen molar-refractivity contribution in [3.05, 3.63) is 12.2 Å². The molecule has 4 rings (SSSR count). The van der Waals surface area contributed by atoms with Crippen molar-refractivity contribution >= 4 is 17.4 Å². The summed E-state index contributed by atoms with van der Waals surface area (Å²) in [6, 6.07) is 0. The molecule has 4 heteroatoms. The third-order valence-electron chi connectivity index (χ3n) is 8.09. The lowest BCUT2D eigenvalue weighted by atomic mass is 9.50. The zero-order valence-electron chi connectivity index (χ0n) is 17.5. The number of hydrogen-bond donors (Lipinski definition) is 1. The van der Waals surface area contributed by atoms with Gasteiger partial charge in [-0.1, -0.05) is 19.9 Å². The largest absolute Gasteiger partial charge is 0.351 e. The van der Waals surface area contributed by atoms with Crippen molar-refractivity contribution in [3.63, 3.8) is 0 Å². The van der Waals surface area contributed by atoms with E-state index in [0.29, 0.717) is 24.2 Å². The smallest absolute Gasteiger partial charge is 0.224 e. The summed E-state index contributed by atoms with van der Waals surface area (Å²) in [6.45, 7) is 11.7. The van der Waals surface area contributed by atoms with Gasteiger partial charge in [-0.05, 0) is 75.7 Å². The highest BCUT2D eigenvalue weighted by Gasteiger charge is 2.60. The van der Waals surface area contributed by atoms with Gasteiger partial charge in [-0.3, -0.25) is 14.6 Å². The minimum atomic E-state index is -0.181. The van der Waals surface area contributed by atoms with Crippen LogP contribution < -0.4 is 5.32 Å². The van der Waals surface area contributed by atoms with Crippen LogP contribution in [-0.2, 0) is 9.59 Å². The molecule has 27 heavy (non-hydrogen) atoms. The van der Waals surface area contributed by atoms with Gasteiger partial charge in [0.1, 0.15) is 0 Å². The monoisotopic (exact) mass is 370 g/mol. The first-order valence-electron chi connectivity index (χ1n) is 10.6. The van der Waals surface area contributed by atoms with Gasteiger partial charge in [-0.25, -0.2) is 0 Å². The second kappa shape index (κ2) is 6.02. The van der Waals surface area contributed by atoms with Gasteiger partial charge < -0.3 is 5.32 Å². The fraction of sp³-hybridized carbons (Fsp3) is 0.783. The predicted molar refractivity (Wildman–Crippen MR) is 108 cm³/mol. The Morgan fingerprint density at radius 1 is 1.19 bits per heavy atom. The van der Waals surface area contributed by atoms with Crippen molar-refractivity contribution < 1.29 is 9.59 Å². The molecule has 0 bridgehead atoms. The summed E-state index contributed by atoms with van der Waals surface area (Å²) < 4.78 is 0. The Labute approximate surface area is 163 Å². The van der Waals surface area contributed by atoms with E-state index in [2.05, 4.69) is 46.0 Å². The SMILES string of the molecule is CC(C)(C)NC(=O)C1CC[C@H]2[C@@H]3CN=C4CC(=O)C=C[C@]4(C)[C@@H]3CC[C@]12C. The van der Waals surface area contributed by atoms with E-state index < -0.39 is 0 Å². The van der Waals surface area contributed by atoms with Crippen LogP contribution in [0.4, 0.5) is 0 Å². The van der Waals surface area contributed by atoms with Crippen LogP contribution >= 0.6 is 0 Å². The maximum Gasteiger partial charge on any atom is 0.224 e. The Kier molecular flexibility index (Phi) is 4.21. The van der Waals surface area contributed by atoms with Crippen molar-refractivity contribution in [3.8, 4) is 0 Å². The Hall–Kier alpha value is -1.45. The van der Waals surface area contributed by atoms with Crippen LogP contribution in [0.15, 0.2) is 17.1 Å². The van der Waals surface area contributed by atoms with E-state index in [1.165, 1.54) is 0 Å². The number of allylic oxidation sites excluding steroid dienone is 2. The fourth-order valence-electron chi connectivity index (χ4n) is 6.73. The number of carbonyl (C=O) groups excluding carboxylic acids is 2. The number of aliphatic imine (C=N–C) groups is 1. The third-order valence-corrected chi connectivity index (χ3v) is 8.09. The Morgan fingerprint density at radius 2 is 1.93 bits per heavy atom. The van der Waals surface area contributed by atoms with E-state index in [-0.39, 0.29) is 34.0 Å². The molecule has 1 amide bonds. The highest BCUT2D eigenvalue weighted by atomic mass is 16.2. The summed E-state index contributed by atoms with van der Waals surface area (Å²) >= 11 is 0. The molecular formula is C23H34N2O2. The molecule has 0 spiro atoms. The molecule has 0 aromatic rings. The molecule has 0 aromatic heterocycles. The third kappa shape index (κ3) is 2.91. The second-order valence-electron chi connectivity index (χ2n) is 10.8. The fourth-order valence-corrected chi connectivity index (χ4v) is 6.73. The van der Waals surface area contributed by atoms with Crippen molar-refractivity contribution in [1.29, 1.82) is 0 Å². The number of ketones is 1. The van der Waals surface area contributed by atoms with Crippen molar-refractivity contribution in [2.75, 3.05) is 6.54 Å². The molecule has 2 saturated carbocycles. The highest BCUT2D eigenvalue weighted by Crippen LogP contribution is 2.63. The number of rotatable bonds is 1. The maximum absolute atomic E-state index is 13.0. The van der Waals surface area contributed by atoms with E-state index in [1.54, 1.807) is 6.08 Å². The zero-order valence-corrected chi connectivity index (χ0v) is 17.5. The van der Waals surface area contributed by atoms with E-state index >= 15 is 0 Å². The normalized spacial score (nSPS) is 43.4. The second-order valence-corrected chi connectivity index (χ2v) is 10.8. The number of nitrogens with one attached hydrogen (secondary N) is 1. The number of carbonyl (C=O) groups is 2. The molecular weight excluding hydrogens is 336 g/mol. The lowest BCUT2D eigenvalue weighted by Gasteiger charge is -2.55. The molecule has 1 unspecified atom stereocenters. The summed E-state index contributed by atoms with van der Waals surface area (Å²) in [5.74, 6) is 2.18. The average molecular weight is 371 g/mol. The first-order chi connectivity index (χ1) is 12.5. The summed E-state index contributed by atoms with van der Waals surface area (Å²) in [7, 11) is 0. The zero-order chi connectivity index (χ0) is 19.6. The molecule has 1 N–H and O–H groups in total. The lowest BCUT2D eigenvalue weighted by molar-refractivity contribution is -0.132. The molecule has 4 aliphatic rings. The quantitative estimate of drug-likeness (QED) is 0.760. The van der Waals surface area contributed by atoms with Gasteiger partial charge in [0, 0.05) is 35.5 Å². The molecule has 1 heterocycles. The number of amides is 1. The van der Waals surface area contributed by atoms with Crippen LogP contribution in [0.1, 0.15) is 66.7 Å². The number of fused-ring (bicyclic) bond motifs is 5. The van der Waals surface area contributed by atoms with Gasteiger partial charge in [0.15, 0.2) is 5.78 Å². The standard InChI is InChI=1S/C23H34N2O2/c1-21(2,3)25-20(27)18-7-6-16-15-13-24-19-12-14(26)8-10-23(19,5)17(15)9-11-22(16,18)4/h8,10,15-18H,6-7,9,11-13H2,1-5H3,(H,25,27)/t15-,16-,17+,18?,22-,23+/m0/s1. The van der Waals surface area contributed by atoms with Crippen molar-refractivity contribution in [2.45, 2.75) is 72.3 Å². The van der Waals surface area contributed by atoms with Crippen LogP contribution in [0, 0.1) is 34.5 Å². The number of nitrogens with zero attached hydrogens (tertiary/aromatic N) is 1. The topological polar surface area (TPSA) is 58.5 Å². The van der Waals surface area contributed by atoms with Crippen LogP contribution in [0.3, 0.4) is 0 Å². The van der Waals surface area contributed by atoms with E-state index in [4.69, 9.17) is 4.99 Å². The summed E-state index contributed by atoms with van der Waals surface area (Å²) in [6.07, 6.45) is 8.77. The molecule has 2 fully saturated rings. The van der Waals surface area contributed by atoms with Crippen LogP contribution in [-0.4, -0.2) is 29.5 Å². The van der Waals surface area contributed by atoms with Gasteiger partial charge in [0.2, 0.25) is 5.91 Å². The molecule has 6 atom stereocenters. The Morgan fingerprint density at radius 3 is 2.63 bits per heavy atom.